The second kappa shape index (κ2) is 10.1. The molecule has 1 spiro atoms. The Kier molecular flexibility index (Phi) is 6.72. The highest BCUT2D eigenvalue weighted by molar-refractivity contribution is 6.03. The molecule has 3 aromatic rings. The van der Waals surface area contributed by atoms with Gasteiger partial charge in [-0.2, -0.15) is 0 Å². The van der Waals surface area contributed by atoms with Gasteiger partial charge in [-0.05, 0) is 57.4 Å². The van der Waals surface area contributed by atoms with Crippen molar-refractivity contribution >= 4 is 23.6 Å². The normalized spacial score (nSPS) is 19.0. The lowest BCUT2D eigenvalue weighted by atomic mass is 9.75. The molecule has 0 saturated carbocycles. The number of anilines is 2. The van der Waals surface area contributed by atoms with Crippen LogP contribution in [0, 0.1) is 0 Å². The molecule has 3 aliphatic rings. The van der Waals surface area contributed by atoms with Crippen molar-refractivity contribution in [1.82, 2.24) is 24.6 Å². The highest BCUT2D eigenvalue weighted by Gasteiger charge is 2.48. The number of carbonyl (C=O) groups is 2. The highest BCUT2D eigenvalue weighted by Crippen LogP contribution is 2.46. The van der Waals surface area contributed by atoms with Gasteiger partial charge in [-0.1, -0.05) is 18.2 Å². The smallest absolute Gasteiger partial charge is 0.410 e. The number of pyridine rings is 1. The molecule has 0 unspecified atom stereocenters. The molecule has 2 aromatic heterocycles. The van der Waals surface area contributed by atoms with Gasteiger partial charge < -0.3 is 24.3 Å². The van der Waals surface area contributed by atoms with E-state index in [2.05, 4.69) is 32.6 Å². The summed E-state index contributed by atoms with van der Waals surface area (Å²) in [6.45, 7) is 8.44. The first-order valence-corrected chi connectivity index (χ1v) is 14.1. The average molecular weight is 560 g/mol. The fourth-order valence-electron chi connectivity index (χ4n) is 6.13. The number of aromatic nitrogens is 4. The number of aryl methyl sites for hydroxylation is 1. The fourth-order valence-corrected chi connectivity index (χ4v) is 6.13. The van der Waals surface area contributed by atoms with Crippen LogP contribution in [0.4, 0.5) is 21.1 Å². The number of hydrogen-bond donors (Lipinski definition) is 1. The molecule has 0 aliphatic carbocycles. The Bertz CT molecular complexity index is 1450. The molecule has 2 fully saturated rings. The van der Waals surface area contributed by atoms with E-state index in [1.807, 2.05) is 56.7 Å². The molecule has 216 valence electrons. The lowest BCUT2D eigenvalue weighted by Gasteiger charge is -2.42. The number of ether oxygens (including phenoxy) is 2. The Hall–Kier alpha value is -3.99. The van der Waals surface area contributed by atoms with Crippen molar-refractivity contribution in [3.05, 3.63) is 65.9 Å². The van der Waals surface area contributed by atoms with Gasteiger partial charge in [-0.3, -0.25) is 4.90 Å². The van der Waals surface area contributed by atoms with Crippen molar-refractivity contribution in [3.63, 3.8) is 0 Å². The van der Waals surface area contributed by atoms with Crippen molar-refractivity contribution in [2.75, 3.05) is 43.1 Å². The maximum Gasteiger partial charge on any atom is 0.410 e. The molecule has 0 bridgehead atoms. The van der Waals surface area contributed by atoms with Crippen LogP contribution in [0.3, 0.4) is 0 Å². The van der Waals surface area contributed by atoms with Gasteiger partial charge in [0.05, 0.1) is 13.2 Å². The predicted molar refractivity (Wildman–Crippen MR) is 153 cm³/mol. The molecule has 6 rings (SSSR count). The fraction of sp³-hybridized carbons (Fsp3) is 0.500. The molecule has 1 aromatic carbocycles. The molecule has 0 atom stereocenters. The summed E-state index contributed by atoms with van der Waals surface area (Å²) in [4.78, 5) is 34.5. The lowest BCUT2D eigenvalue weighted by Crippen LogP contribution is -2.49. The zero-order valence-electron chi connectivity index (χ0n) is 24.1. The van der Waals surface area contributed by atoms with Crippen LogP contribution < -0.4 is 10.2 Å². The van der Waals surface area contributed by atoms with E-state index < -0.39 is 5.60 Å². The van der Waals surface area contributed by atoms with Crippen LogP contribution in [0.1, 0.15) is 50.6 Å². The summed E-state index contributed by atoms with van der Waals surface area (Å²) in [5.74, 6) is 1.57. The largest absolute Gasteiger partial charge is 0.444 e. The van der Waals surface area contributed by atoms with Gasteiger partial charge in [-0.25, -0.2) is 14.6 Å². The van der Waals surface area contributed by atoms with Gasteiger partial charge in [0.1, 0.15) is 23.6 Å². The summed E-state index contributed by atoms with van der Waals surface area (Å²) in [7, 11) is 1.94. The molecule has 5 heterocycles. The first-order valence-electron chi connectivity index (χ1n) is 14.1. The van der Waals surface area contributed by atoms with E-state index in [-0.39, 0.29) is 23.0 Å². The van der Waals surface area contributed by atoms with E-state index in [1.165, 1.54) is 0 Å². The summed E-state index contributed by atoms with van der Waals surface area (Å²) >= 11 is 0. The minimum absolute atomic E-state index is 0.213. The summed E-state index contributed by atoms with van der Waals surface area (Å²) in [5, 5.41) is 11.4. The zero-order valence-corrected chi connectivity index (χ0v) is 24.1. The van der Waals surface area contributed by atoms with Gasteiger partial charge in [-0.15, -0.1) is 10.2 Å². The summed E-state index contributed by atoms with van der Waals surface area (Å²) in [5.41, 5.74) is 1.86. The second-order valence-electron chi connectivity index (χ2n) is 12.5. The molecular weight excluding hydrogens is 522 g/mol. The van der Waals surface area contributed by atoms with Crippen LogP contribution in [0.2, 0.25) is 0 Å². The number of likely N-dealkylation sites (tertiary alicyclic amines) is 1. The van der Waals surface area contributed by atoms with Crippen LogP contribution in [-0.2, 0) is 33.8 Å². The van der Waals surface area contributed by atoms with Crippen LogP contribution in [0.5, 0.6) is 0 Å². The molecule has 11 nitrogen and oxygen atoms in total. The van der Waals surface area contributed by atoms with Gasteiger partial charge in [0.2, 0.25) is 0 Å². The van der Waals surface area contributed by atoms with E-state index >= 15 is 0 Å². The van der Waals surface area contributed by atoms with E-state index in [9.17, 15) is 9.59 Å². The maximum absolute atomic E-state index is 13.7. The topological polar surface area (TPSA) is 115 Å². The minimum atomic E-state index is -0.539. The number of rotatable bonds is 4. The van der Waals surface area contributed by atoms with Crippen molar-refractivity contribution < 1.29 is 19.1 Å². The molecule has 2 saturated heterocycles. The van der Waals surface area contributed by atoms with Crippen molar-refractivity contribution in [3.8, 4) is 0 Å². The number of nitrogens with one attached hydrogen (secondary N) is 1. The van der Waals surface area contributed by atoms with Crippen LogP contribution in [0.15, 0.2) is 48.9 Å². The van der Waals surface area contributed by atoms with Crippen LogP contribution in [0.25, 0.3) is 0 Å². The number of amides is 3. The summed E-state index contributed by atoms with van der Waals surface area (Å²) in [6.07, 6.45) is 5.30. The molecule has 0 radical (unpaired) electrons. The predicted octanol–water partition coefficient (Wildman–Crippen LogP) is 4.04. The second-order valence-corrected chi connectivity index (χ2v) is 12.5. The molecule has 3 amide bonds. The Labute approximate surface area is 239 Å². The number of carbonyl (C=O) groups excluding carboxylic acids is 2. The summed E-state index contributed by atoms with van der Waals surface area (Å²) in [6, 6.07) is 11.7. The van der Waals surface area contributed by atoms with E-state index in [0.717, 1.165) is 35.5 Å². The minimum Gasteiger partial charge on any atom is -0.444 e. The number of benzene rings is 1. The lowest BCUT2D eigenvalue weighted by molar-refractivity contribution is -0.0610. The standard InChI is InChI=1S/C30H37N7O4/c1-28(2,3)41-27(39)36-13-10-29(11-14-36)17-37(25-23(29)9-6-12-31-25)26(38)33-22-8-5-7-21(15-22)30(18-40-19-30)16-24-34-32-20-35(24)4/h5-9,12,15,20H,10-11,13-14,16-19H2,1-4H3,(H,33,38). The number of fused-ring (bicyclic) bond motifs is 2. The third-order valence-corrected chi connectivity index (χ3v) is 8.48. The Morgan fingerprint density at radius 1 is 1.12 bits per heavy atom. The van der Waals surface area contributed by atoms with Gasteiger partial charge in [0, 0.05) is 61.4 Å². The van der Waals surface area contributed by atoms with E-state index in [4.69, 9.17) is 9.47 Å². The third-order valence-electron chi connectivity index (χ3n) is 8.48. The van der Waals surface area contributed by atoms with Crippen molar-refractivity contribution in [2.24, 2.45) is 7.05 Å². The quantitative estimate of drug-likeness (QED) is 0.513. The van der Waals surface area contributed by atoms with Gasteiger partial charge in [0.15, 0.2) is 0 Å². The zero-order chi connectivity index (χ0) is 28.8. The number of piperidine rings is 1. The van der Waals surface area contributed by atoms with Crippen LogP contribution in [-0.4, -0.2) is 75.2 Å². The Balaban J connectivity index is 1.18. The Morgan fingerprint density at radius 2 is 1.90 bits per heavy atom. The van der Waals surface area contributed by atoms with E-state index in [1.54, 1.807) is 22.3 Å². The SMILES string of the molecule is Cn1cnnc1CC1(c2cccc(NC(=O)N3CC4(CCN(C(=O)OC(C)(C)C)CC4)c4cccnc43)c2)COC1. The molecular formula is C30H37N7O4. The van der Waals surface area contributed by atoms with Crippen molar-refractivity contribution in [1.29, 1.82) is 0 Å². The van der Waals surface area contributed by atoms with Crippen LogP contribution >= 0.6 is 0 Å². The maximum atomic E-state index is 13.7. The van der Waals surface area contributed by atoms with Gasteiger partial charge >= 0.3 is 12.1 Å². The number of hydrogen-bond acceptors (Lipinski definition) is 7. The first-order chi connectivity index (χ1) is 19.6. The third kappa shape index (κ3) is 5.14. The highest BCUT2D eigenvalue weighted by atomic mass is 16.6. The number of urea groups is 1. The first kappa shape index (κ1) is 27.2. The summed E-state index contributed by atoms with van der Waals surface area (Å²) < 4.78 is 13.2. The molecule has 11 heteroatoms. The van der Waals surface area contributed by atoms with Crippen molar-refractivity contribution in [2.45, 2.75) is 56.5 Å². The molecule has 1 N–H and O–H groups in total. The molecule has 3 aliphatic heterocycles. The van der Waals surface area contributed by atoms with E-state index in [0.29, 0.717) is 45.1 Å². The Morgan fingerprint density at radius 3 is 2.56 bits per heavy atom. The van der Waals surface area contributed by atoms with Gasteiger partial charge in [0.25, 0.3) is 0 Å². The average Bonchev–Trinajstić information content (AvgIpc) is 3.46. The molecule has 41 heavy (non-hydrogen) atoms. The monoisotopic (exact) mass is 559 g/mol. The number of nitrogens with zero attached hydrogens (tertiary/aromatic N) is 6.